The van der Waals surface area contributed by atoms with E-state index in [0.717, 1.165) is 35.5 Å². The molecule has 1 aliphatic heterocycles. The molecule has 0 atom stereocenters. The largest absolute Gasteiger partial charge is 0.271 e. The van der Waals surface area contributed by atoms with Gasteiger partial charge in [0.05, 0.1) is 0 Å². The van der Waals surface area contributed by atoms with Crippen molar-refractivity contribution in [2.45, 2.75) is 19.3 Å². The molecular weight excluding hydrogens is 413 g/mol. The van der Waals surface area contributed by atoms with Gasteiger partial charge in [-0.2, -0.15) is 29.7 Å². The molecule has 0 unspecified atom stereocenters. The van der Waals surface area contributed by atoms with Crippen LogP contribution in [-0.2, 0) is 39.1 Å². The fourth-order valence-corrected chi connectivity index (χ4v) is 3.39. The average molecular weight is 432 g/mol. The van der Waals surface area contributed by atoms with Crippen LogP contribution in [0, 0.1) is 6.92 Å². The summed E-state index contributed by atoms with van der Waals surface area (Å²) in [6.45, 7) is 3.99. The van der Waals surface area contributed by atoms with Crippen LogP contribution in [0.4, 0.5) is 0 Å². The van der Waals surface area contributed by atoms with E-state index in [1.807, 2.05) is 0 Å². The summed E-state index contributed by atoms with van der Waals surface area (Å²) in [6, 6.07) is 21.7. The second-order valence-corrected chi connectivity index (χ2v) is 6.98. The predicted octanol–water partition coefficient (Wildman–Crippen LogP) is 5.30. The van der Waals surface area contributed by atoms with Crippen molar-refractivity contribution in [3.63, 3.8) is 0 Å². The Hall–Kier alpha value is -1.55. The third-order valence-corrected chi connectivity index (χ3v) is 4.83. The van der Waals surface area contributed by atoms with Crippen LogP contribution in [0.15, 0.2) is 65.8 Å². The Morgan fingerprint density at radius 2 is 1.58 bits per heavy atom. The predicted molar refractivity (Wildman–Crippen MR) is 110 cm³/mol. The molecule has 4 heteroatoms. The van der Waals surface area contributed by atoms with E-state index in [2.05, 4.69) is 78.1 Å². The minimum atomic E-state index is 0. The smallest absolute Gasteiger partial charge is 0.102 e. The van der Waals surface area contributed by atoms with Crippen LogP contribution in [-0.4, -0.2) is 10.7 Å². The molecule has 2 nitrogen and oxygen atoms in total. The zero-order chi connectivity index (χ0) is 17.2. The monoisotopic (exact) mass is 432 g/mol. The fraction of sp³-hybridized carbons (Fsp3) is 0.136. The third-order valence-electron chi connectivity index (χ3n) is 4.60. The van der Waals surface area contributed by atoms with Crippen molar-refractivity contribution in [1.29, 1.82) is 0 Å². The first-order valence-corrected chi connectivity index (χ1v) is 8.87. The fourth-order valence-electron chi connectivity index (χ4n) is 3.18. The Morgan fingerprint density at radius 1 is 0.885 bits per heavy atom. The van der Waals surface area contributed by atoms with E-state index in [-0.39, 0.29) is 32.7 Å². The number of aryl methyl sites for hydroxylation is 1. The van der Waals surface area contributed by atoms with Gasteiger partial charge in [-0.05, 0) is 41.0 Å². The van der Waals surface area contributed by atoms with Crippen molar-refractivity contribution in [3.05, 3.63) is 78.7 Å². The Kier molecular flexibility index (Phi) is 6.23. The molecule has 26 heavy (non-hydrogen) atoms. The molecule has 1 heterocycles. The van der Waals surface area contributed by atoms with Gasteiger partial charge in [-0.15, -0.1) is 6.07 Å². The van der Waals surface area contributed by atoms with Crippen LogP contribution in [0.2, 0.25) is 0 Å². The maximum Gasteiger partial charge on any atom is 0.102 e. The van der Waals surface area contributed by atoms with E-state index in [9.17, 15) is 0 Å². The molecule has 0 bridgehead atoms. The Morgan fingerprint density at radius 3 is 2.31 bits per heavy atom. The SMILES string of the molecule is [CH2-]c1ccc2cc(-c3ccc(CCC4=NNC(=S)C4)cc3)ccc2c1.[Y]. The van der Waals surface area contributed by atoms with Gasteiger partial charge in [-0.25, -0.2) is 0 Å². The molecule has 127 valence electrons. The van der Waals surface area contributed by atoms with Crippen molar-refractivity contribution in [3.8, 4) is 11.1 Å². The molecule has 0 aliphatic carbocycles. The topological polar surface area (TPSA) is 24.4 Å². The molecule has 0 aromatic heterocycles. The number of nitrogens with one attached hydrogen (secondary N) is 1. The van der Waals surface area contributed by atoms with Crippen LogP contribution >= 0.6 is 12.2 Å². The van der Waals surface area contributed by atoms with Crippen molar-refractivity contribution in [2.24, 2.45) is 5.10 Å². The molecule has 4 rings (SSSR count). The number of nitrogens with zero attached hydrogens (tertiary/aromatic N) is 1. The van der Waals surface area contributed by atoms with Gasteiger partial charge >= 0.3 is 0 Å². The number of hydrogen-bond acceptors (Lipinski definition) is 2. The van der Waals surface area contributed by atoms with Crippen LogP contribution < -0.4 is 5.43 Å². The molecule has 1 aliphatic rings. The number of thiocarbonyl (C=S) groups is 1. The van der Waals surface area contributed by atoms with Crippen LogP contribution in [0.5, 0.6) is 0 Å². The number of hydrogen-bond donors (Lipinski definition) is 1. The normalized spacial score (nSPS) is 13.2. The minimum absolute atomic E-state index is 0. The Balaban J connectivity index is 0.00000196. The number of hydrazone groups is 1. The van der Waals surface area contributed by atoms with E-state index in [1.54, 1.807) is 0 Å². The standard InChI is InChI=1S/C22H19N2S.Y/c1-15-2-6-20-13-19(10-9-18(20)12-15)17-7-3-16(4-8-17)5-11-21-14-22(25)24-23-21;/h2-4,6-10,12-13H,1,5,11,14H2,(H,24,25);/q-1;. The van der Waals surface area contributed by atoms with Gasteiger partial charge in [0.15, 0.2) is 0 Å². The van der Waals surface area contributed by atoms with Gasteiger partial charge in [0.1, 0.15) is 4.99 Å². The van der Waals surface area contributed by atoms with Gasteiger partial charge in [0.25, 0.3) is 0 Å². The van der Waals surface area contributed by atoms with Crippen molar-refractivity contribution in [1.82, 2.24) is 5.43 Å². The summed E-state index contributed by atoms with van der Waals surface area (Å²) in [5.74, 6) is 0. The first-order chi connectivity index (χ1) is 12.2. The maximum atomic E-state index is 5.11. The summed E-state index contributed by atoms with van der Waals surface area (Å²) in [6.07, 6.45) is 2.75. The summed E-state index contributed by atoms with van der Waals surface area (Å²) in [5.41, 5.74) is 8.87. The van der Waals surface area contributed by atoms with Gasteiger partial charge in [-0.1, -0.05) is 54.0 Å². The molecule has 0 fully saturated rings. The van der Waals surface area contributed by atoms with Gasteiger partial charge in [0, 0.05) is 44.8 Å². The molecular formula is C22H19N2SY-. The van der Waals surface area contributed by atoms with E-state index < -0.39 is 0 Å². The molecule has 3 aromatic rings. The number of benzene rings is 3. The summed E-state index contributed by atoms with van der Waals surface area (Å²) in [5, 5.41) is 6.73. The summed E-state index contributed by atoms with van der Waals surface area (Å²) >= 11 is 5.11. The van der Waals surface area contributed by atoms with Crippen molar-refractivity contribution >= 4 is 33.7 Å². The molecule has 0 saturated heterocycles. The quantitative estimate of drug-likeness (QED) is 0.447. The molecule has 0 amide bonds. The van der Waals surface area contributed by atoms with Crippen molar-refractivity contribution < 1.29 is 32.7 Å². The van der Waals surface area contributed by atoms with Crippen LogP contribution in [0.25, 0.3) is 21.9 Å². The van der Waals surface area contributed by atoms with Crippen LogP contribution in [0.1, 0.15) is 24.0 Å². The molecule has 1 radical (unpaired) electrons. The van der Waals surface area contributed by atoms with Gasteiger partial charge < -0.3 is 0 Å². The molecule has 0 spiro atoms. The Labute approximate surface area is 185 Å². The zero-order valence-electron chi connectivity index (χ0n) is 14.5. The summed E-state index contributed by atoms with van der Waals surface area (Å²) in [4.78, 5) is 0.827. The average Bonchev–Trinajstić information content (AvgIpc) is 3.05. The molecule has 1 N–H and O–H groups in total. The summed E-state index contributed by atoms with van der Waals surface area (Å²) in [7, 11) is 0. The van der Waals surface area contributed by atoms with E-state index in [1.165, 1.54) is 27.5 Å². The summed E-state index contributed by atoms with van der Waals surface area (Å²) < 4.78 is 0. The Bertz CT molecular complexity index is 977. The maximum absolute atomic E-state index is 5.11. The second-order valence-electron chi connectivity index (χ2n) is 6.48. The first kappa shape index (κ1) is 19.2. The van der Waals surface area contributed by atoms with Gasteiger partial charge in [-0.3, -0.25) is 5.43 Å². The number of rotatable bonds is 4. The van der Waals surface area contributed by atoms with E-state index >= 15 is 0 Å². The van der Waals surface area contributed by atoms with Crippen LogP contribution in [0.3, 0.4) is 0 Å². The molecule has 3 aromatic carbocycles. The third kappa shape index (κ3) is 4.40. The van der Waals surface area contributed by atoms with Crippen molar-refractivity contribution in [2.75, 3.05) is 0 Å². The van der Waals surface area contributed by atoms with E-state index in [0.29, 0.717) is 0 Å². The zero-order valence-corrected chi connectivity index (χ0v) is 18.2. The first-order valence-electron chi connectivity index (χ1n) is 8.47. The van der Waals surface area contributed by atoms with E-state index in [4.69, 9.17) is 12.2 Å². The molecule has 0 saturated carbocycles. The minimum Gasteiger partial charge on any atom is -0.271 e. The second kappa shape index (κ2) is 8.43. The number of fused-ring (bicyclic) bond motifs is 1. The van der Waals surface area contributed by atoms with Gasteiger partial charge in [0.2, 0.25) is 0 Å².